The van der Waals surface area contributed by atoms with Crippen LogP contribution in [0.2, 0.25) is 0 Å². The molecule has 0 saturated heterocycles. The first-order valence-corrected chi connectivity index (χ1v) is 6.17. The van der Waals surface area contributed by atoms with Crippen LogP contribution in [0.3, 0.4) is 0 Å². The molecule has 0 bridgehead atoms. The topological polar surface area (TPSA) is 55.6 Å². The number of halogens is 1. The monoisotopic (exact) mass is 286 g/mol. The third kappa shape index (κ3) is 5.59. The molecule has 0 aromatic heterocycles. The number of amides is 1. The summed E-state index contributed by atoms with van der Waals surface area (Å²) in [6.45, 7) is 4.39. The molecular formula is C14H23ClN2O2. The Morgan fingerprint density at radius 1 is 1.32 bits per heavy atom. The predicted molar refractivity (Wildman–Crippen MR) is 78.8 cm³/mol. The summed E-state index contributed by atoms with van der Waals surface area (Å²) in [5.41, 5.74) is 0.985. The van der Waals surface area contributed by atoms with Gasteiger partial charge in [0.15, 0.2) is 0 Å². The SMILES string of the molecule is COCC(c1ccccc1)N(N)C(=O)CC(C)C.Cl. The molecule has 0 radical (unpaired) electrons. The molecule has 0 aliphatic carbocycles. The highest BCUT2D eigenvalue weighted by Gasteiger charge is 2.22. The zero-order valence-electron chi connectivity index (χ0n) is 11.7. The molecule has 0 fully saturated rings. The average Bonchev–Trinajstić information content (AvgIpc) is 2.35. The van der Waals surface area contributed by atoms with Crippen molar-refractivity contribution in [1.82, 2.24) is 5.01 Å². The van der Waals surface area contributed by atoms with Gasteiger partial charge in [0.2, 0.25) is 5.91 Å². The van der Waals surface area contributed by atoms with E-state index in [2.05, 4.69) is 0 Å². The van der Waals surface area contributed by atoms with E-state index < -0.39 is 0 Å². The number of ether oxygens (including phenoxy) is 1. The van der Waals surface area contributed by atoms with Crippen LogP contribution < -0.4 is 5.84 Å². The number of nitrogens with two attached hydrogens (primary N) is 1. The van der Waals surface area contributed by atoms with Gasteiger partial charge in [-0.05, 0) is 11.5 Å². The van der Waals surface area contributed by atoms with Gasteiger partial charge >= 0.3 is 0 Å². The lowest BCUT2D eigenvalue weighted by Gasteiger charge is -2.28. The van der Waals surface area contributed by atoms with Crippen LogP contribution in [0.5, 0.6) is 0 Å². The van der Waals surface area contributed by atoms with Gasteiger partial charge in [-0.2, -0.15) is 0 Å². The average molecular weight is 287 g/mol. The number of hydrogen-bond acceptors (Lipinski definition) is 3. The minimum absolute atomic E-state index is 0. The largest absolute Gasteiger partial charge is 0.382 e. The molecule has 0 saturated carbocycles. The van der Waals surface area contributed by atoms with Crippen LogP contribution in [0, 0.1) is 5.92 Å². The standard InChI is InChI=1S/C14H22N2O2.ClH/c1-11(2)9-14(17)16(15)13(10-18-3)12-7-5-4-6-8-12;/h4-8,11,13H,9-10,15H2,1-3H3;1H. The molecule has 108 valence electrons. The molecular weight excluding hydrogens is 264 g/mol. The molecule has 5 heteroatoms. The maximum atomic E-state index is 12.0. The van der Waals surface area contributed by atoms with Gasteiger partial charge in [-0.15, -0.1) is 12.4 Å². The number of hydrogen-bond donors (Lipinski definition) is 1. The molecule has 0 aliphatic rings. The number of benzene rings is 1. The Hall–Kier alpha value is -1.10. The fraction of sp³-hybridized carbons (Fsp3) is 0.500. The molecule has 4 nitrogen and oxygen atoms in total. The Bertz CT molecular complexity index is 371. The molecule has 2 N–H and O–H groups in total. The molecule has 19 heavy (non-hydrogen) atoms. The van der Waals surface area contributed by atoms with E-state index in [0.717, 1.165) is 5.56 Å². The lowest BCUT2D eigenvalue weighted by Crippen LogP contribution is -2.42. The third-order valence-electron chi connectivity index (χ3n) is 2.72. The fourth-order valence-corrected chi connectivity index (χ4v) is 1.80. The van der Waals surface area contributed by atoms with Crippen molar-refractivity contribution in [2.75, 3.05) is 13.7 Å². The van der Waals surface area contributed by atoms with Gasteiger partial charge in [0.25, 0.3) is 0 Å². The Balaban J connectivity index is 0.00000324. The summed E-state index contributed by atoms with van der Waals surface area (Å²) in [5.74, 6) is 6.17. The van der Waals surface area contributed by atoms with Gasteiger partial charge in [0.05, 0.1) is 12.6 Å². The first kappa shape index (κ1) is 17.9. The third-order valence-corrected chi connectivity index (χ3v) is 2.72. The normalized spacial score (nSPS) is 11.8. The first-order chi connectivity index (χ1) is 8.56. The van der Waals surface area contributed by atoms with Crippen LogP contribution in [0.4, 0.5) is 0 Å². The molecule has 0 spiro atoms. The minimum atomic E-state index is -0.234. The smallest absolute Gasteiger partial charge is 0.237 e. The van der Waals surface area contributed by atoms with Crippen molar-refractivity contribution in [3.8, 4) is 0 Å². The summed E-state index contributed by atoms with van der Waals surface area (Å²) in [6.07, 6.45) is 0.448. The molecule has 1 aromatic rings. The van der Waals surface area contributed by atoms with Crippen LogP contribution in [0.1, 0.15) is 31.9 Å². The van der Waals surface area contributed by atoms with Crippen molar-refractivity contribution < 1.29 is 9.53 Å². The quantitative estimate of drug-likeness (QED) is 0.497. The second-order valence-electron chi connectivity index (χ2n) is 4.78. The van der Waals surface area contributed by atoms with Gasteiger partial charge in [0.1, 0.15) is 0 Å². The van der Waals surface area contributed by atoms with Crippen molar-refractivity contribution >= 4 is 18.3 Å². The predicted octanol–water partition coefficient (Wildman–Crippen LogP) is 2.54. The molecule has 0 aliphatic heterocycles. The van der Waals surface area contributed by atoms with E-state index in [1.165, 1.54) is 5.01 Å². The number of carbonyl (C=O) groups is 1. The van der Waals surface area contributed by atoms with Crippen LogP contribution in [0.15, 0.2) is 30.3 Å². The van der Waals surface area contributed by atoms with Crippen LogP contribution in [-0.4, -0.2) is 24.6 Å². The molecule has 1 aromatic carbocycles. The Labute approximate surface area is 121 Å². The summed E-state index contributed by atoms with van der Waals surface area (Å²) < 4.78 is 5.16. The molecule has 0 heterocycles. The Morgan fingerprint density at radius 2 is 1.89 bits per heavy atom. The Kier molecular flexibility index (Phi) is 8.39. The van der Waals surface area contributed by atoms with Crippen molar-refractivity contribution in [2.24, 2.45) is 11.8 Å². The van der Waals surface area contributed by atoms with Gasteiger partial charge < -0.3 is 4.74 Å². The highest BCUT2D eigenvalue weighted by atomic mass is 35.5. The number of methoxy groups -OCH3 is 1. The second kappa shape index (κ2) is 8.91. The highest BCUT2D eigenvalue weighted by Crippen LogP contribution is 2.19. The summed E-state index contributed by atoms with van der Waals surface area (Å²) in [6, 6.07) is 9.46. The van der Waals surface area contributed by atoms with Crippen LogP contribution in [-0.2, 0) is 9.53 Å². The summed E-state index contributed by atoms with van der Waals surface area (Å²) in [7, 11) is 1.61. The minimum Gasteiger partial charge on any atom is -0.382 e. The number of hydrazine groups is 1. The van der Waals surface area contributed by atoms with Gasteiger partial charge in [-0.1, -0.05) is 44.2 Å². The summed E-state index contributed by atoms with van der Waals surface area (Å²) >= 11 is 0. The van der Waals surface area contributed by atoms with Crippen LogP contribution in [0.25, 0.3) is 0 Å². The molecule has 1 rings (SSSR count). The van der Waals surface area contributed by atoms with E-state index in [9.17, 15) is 4.79 Å². The molecule has 1 amide bonds. The maximum absolute atomic E-state index is 12.0. The maximum Gasteiger partial charge on any atom is 0.237 e. The molecule has 1 unspecified atom stereocenters. The van der Waals surface area contributed by atoms with Crippen LogP contribution >= 0.6 is 12.4 Å². The fourth-order valence-electron chi connectivity index (χ4n) is 1.80. The summed E-state index contributed by atoms with van der Waals surface area (Å²) in [4.78, 5) is 12.0. The van der Waals surface area contributed by atoms with Gasteiger partial charge in [-0.3, -0.25) is 9.80 Å². The summed E-state index contributed by atoms with van der Waals surface area (Å²) in [5, 5.41) is 1.29. The zero-order chi connectivity index (χ0) is 13.5. The van der Waals surface area contributed by atoms with E-state index in [-0.39, 0.29) is 24.4 Å². The lowest BCUT2D eigenvalue weighted by molar-refractivity contribution is -0.136. The van der Waals surface area contributed by atoms with Gasteiger partial charge in [0, 0.05) is 13.5 Å². The highest BCUT2D eigenvalue weighted by molar-refractivity contribution is 5.85. The van der Waals surface area contributed by atoms with Crippen molar-refractivity contribution in [3.63, 3.8) is 0 Å². The number of rotatable bonds is 6. The molecule has 1 atom stereocenters. The van der Waals surface area contributed by atoms with E-state index in [1.54, 1.807) is 7.11 Å². The van der Waals surface area contributed by atoms with Crippen molar-refractivity contribution in [1.29, 1.82) is 0 Å². The lowest BCUT2D eigenvalue weighted by atomic mass is 10.1. The van der Waals surface area contributed by atoms with E-state index in [0.29, 0.717) is 18.9 Å². The Morgan fingerprint density at radius 3 is 2.37 bits per heavy atom. The number of carbonyl (C=O) groups excluding carboxylic acids is 1. The van der Waals surface area contributed by atoms with Crippen molar-refractivity contribution in [3.05, 3.63) is 35.9 Å². The van der Waals surface area contributed by atoms with E-state index in [4.69, 9.17) is 10.6 Å². The number of nitrogens with zero attached hydrogens (tertiary/aromatic N) is 1. The van der Waals surface area contributed by atoms with E-state index >= 15 is 0 Å². The first-order valence-electron chi connectivity index (χ1n) is 6.17. The van der Waals surface area contributed by atoms with Gasteiger partial charge in [-0.25, -0.2) is 5.84 Å². The van der Waals surface area contributed by atoms with Crippen molar-refractivity contribution in [2.45, 2.75) is 26.3 Å². The van der Waals surface area contributed by atoms with E-state index in [1.807, 2.05) is 44.2 Å². The zero-order valence-corrected chi connectivity index (χ0v) is 12.5. The second-order valence-corrected chi connectivity index (χ2v) is 4.78.